The molecule has 0 atom stereocenters. The predicted octanol–water partition coefficient (Wildman–Crippen LogP) is 3.61. The first-order valence-corrected chi connectivity index (χ1v) is 5.93. The fourth-order valence-electron chi connectivity index (χ4n) is 1.35. The van der Waals surface area contributed by atoms with Crippen molar-refractivity contribution in [2.45, 2.75) is 12.4 Å². The first-order chi connectivity index (χ1) is 9.93. The summed E-state index contributed by atoms with van der Waals surface area (Å²) in [6, 6.07) is -0.786. The number of hydrogen-bond acceptors (Lipinski definition) is 2. The molecule has 3 amide bonds. The summed E-state index contributed by atoms with van der Waals surface area (Å²) in [7, 11) is 0. The van der Waals surface area contributed by atoms with Crippen LogP contribution in [0.3, 0.4) is 0 Å². The van der Waals surface area contributed by atoms with Gasteiger partial charge in [-0.2, -0.15) is 26.3 Å². The Hall–Kier alpha value is -1.97. The molecule has 0 unspecified atom stereocenters. The molecule has 1 aromatic carbocycles. The third-order valence-corrected chi connectivity index (χ3v) is 2.46. The van der Waals surface area contributed by atoms with Gasteiger partial charge < -0.3 is 5.32 Å². The Morgan fingerprint density at radius 2 is 1.41 bits per heavy atom. The molecule has 0 fully saturated rings. The molecule has 0 saturated heterocycles. The quantitative estimate of drug-likeness (QED) is 0.633. The van der Waals surface area contributed by atoms with Gasteiger partial charge in [0.1, 0.15) is 5.88 Å². The summed E-state index contributed by atoms with van der Waals surface area (Å²) in [5, 5.41) is 3.31. The van der Waals surface area contributed by atoms with Gasteiger partial charge in [0.25, 0.3) is 0 Å². The molecule has 0 aliphatic rings. The Kier molecular flexibility index (Phi) is 5.28. The summed E-state index contributed by atoms with van der Waals surface area (Å²) in [5.74, 6) is -1.58. The van der Waals surface area contributed by atoms with Crippen molar-refractivity contribution in [3.63, 3.8) is 0 Å². The highest BCUT2D eigenvalue weighted by Crippen LogP contribution is 2.37. The monoisotopic (exact) mass is 348 g/mol. The molecule has 0 bridgehead atoms. The van der Waals surface area contributed by atoms with E-state index in [-0.39, 0.29) is 6.07 Å². The van der Waals surface area contributed by atoms with E-state index >= 15 is 0 Å². The van der Waals surface area contributed by atoms with E-state index in [1.165, 1.54) is 0 Å². The second kappa shape index (κ2) is 6.42. The lowest BCUT2D eigenvalue weighted by Crippen LogP contribution is -2.35. The van der Waals surface area contributed by atoms with Crippen LogP contribution in [0.4, 0.5) is 36.8 Å². The maximum absolute atomic E-state index is 12.6. The second-order valence-corrected chi connectivity index (χ2v) is 4.20. The molecular formula is C11H7ClF6N2O2. The van der Waals surface area contributed by atoms with Crippen LogP contribution < -0.4 is 10.6 Å². The number of alkyl halides is 7. The molecule has 11 heteroatoms. The van der Waals surface area contributed by atoms with Gasteiger partial charge in [-0.1, -0.05) is 0 Å². The number of amides is 3. The molecule has 1 rings (SSSR count). The van der Waals surface area contributed by atoms with Crippen LogP contribution in [0.5, 0.6) is 0 Å². The largest absolute Gasteiger partial charge is 0.416 e. The Balaban J connectivity index is 3.14. The fourth-order valence-corrected chi connectivity index (χ4v) is 1.42. The number of carbonyl (C=O) groups is 2. The van der Waals surface area contributed by atoms with Gasteiger partial charge in [-0.15, -0.1) is 11.6 Å². The van der Waals surface area contributed by atoms with E-state index in [1.54, 1.807) is 10.6 Å². The summed E-state index contributed by atoms with van der Waals surface area (Å²) >= 11 is 5.08. The lowest BCUT2D eigenvalue weighted by atomic mass is 10.1. The van der Waals surface area contributed by atoms with Gasteiger partial charge in [-0.25, -0.2) is 4.79 Å². The van der Waals surface area contributed by atoms with Crippen LogP contribution in [-0.2, 0) is 17.1 Å². The van der Waals surface area contributed by atoms with Crippen LogP contribution in [0, 0.1) is 0 Å². The van der Waals surface area contributed by atoms with E-state index in [4.69, 9.17) is 11.6 Å². The summed E-state index contributed by atoms with van der Waals surface area (Å²) in [4.78, 5) is 22.0. The molecule has 122 valence electrons. The highest BCUT2D eigenvalue weighted by Gasteiger charge is 2.37. The predicted molar refractivity (Wildman–Crippen MR) is 64.3 cm³/mol. The molecule has 0 aromatic heterocycles. The Bertz CT molecular complexity index is 553. The van der Waals surface area contributed by atoms with Crippen molar-refractivity contribution in [3.05, 3.63) is 29.3 Å². The number of halogens is 7. The number of urea groups is 1. The minimum absolute atomic E-state index is 0.0903. The molecule has 4 nitrogen and oxygen atoms in total. The standard InChI is InChI=1S/C11H7ClF6N2O2/c12-4-8(21)20-9(22)19-7-2-5(10(13,14)15)1-6(3-7)11(16,17)18/h1-3H,4H2,(H2,19,20,21,22). The number of anilines is 1. The van der Waals surface area contributed by atoms with Gasteiger partial charge in [0.2, 0.25) is 5.91 Å². The lowest BCUT2D eigenvalue weighted by molar-refractivity contribution is -0.143. The second-order valence-electron chi connectivity index (χ2n) is 3.93. The Morgan fingerprint density at radius 1 is 0.955 bits per heavy atom. The van der Waals surface area contributed by atoms with Crippen LogP contribution in [0.25, 0.3) is 0 Å². The summed E-state index contributed by atoms with van der Waals surface area (Å²) < 4.78 is 75.4. The smallest absolute Gasteiger partial charge is 0.308 e. The highest BCUT2D eigenvalue weighted by molar-refractivity contribution is 6.28. The van der Waals surface area contributed by atoms with Crippen molar-refractivity contribution >= 4 is 29.2 Å². The number of benzene rings is 1. The zero-order valence-corrected chi connectivity index (χ0v) is 11.2. The van der Waals surface area contributed by atoms with Gasteiger partial charge in [0, 0.05) is 5.69 Å². The molecule has 0 spiro atoms. The van der Waals surface area contributed by atoms with Crippen molar-refractivity contribution in [2.75, 3.05) is 11.2 Å². The molecule has 2 N–H and O–H groups in total. The average Bonchev–Trinajstić information content (AvgIpc) is 2.35. The molecule has 22 heavy (non-hydrogen) atoms. The summed E-state index contributed by atoms with van der Waals surface area (Å²) in [6.07, 6.45) is -10.1. The molecule has 0 radical (unpaired) electrons. The van der Waals surface area contributed by atoms with Gasteiger partial charge >= 0.3 is 18.4 Å². The number of hydrogen-bond donors (Lipinski definition) is 2. The van der Waals surface area contributed by atoms with Crippen LogP contribution >= 0.6 is 11.6 Å². The first-order valence-electron chi connectivity index (χ1n) is 5.40. The van der Waals surface area contributed by atoms with E-state index in [1.807, 2.05) is 0 Å². The van der Waals surface area contributed by atoms with Crippen molar-refractivity contribution in [1.82, 2.24) is 5.32 Å². The fraction of sp³-hybridized carbons (Fsp3) is 0.273. The lowest BCUT2D eigenvalue weighted by Gasteiger charge is -2.14. The van der Waals surface area contributed by atoms with Crippen LogP contribution in [0.15, 0.2) is 18.2 Å². The van der Waals surface area contributed by atoms with Crippen LogP contribution in [-0.4, -0.2) is 17.8 Å². The van der Waals surface area contributed by atoms with Gasteiger partial charge in [0.05, 0.1) is 11.1 Å². The van der Waals surface area contributed by atoms with E-state index < -0.39 is 47.0 Å². The van der Waals surface area contributed by atoms with Crippen molar-refractivity contribution in [2.24, 2.45) is 0 Å². The van der Waals surface area contributed by atoms with Gasteiger partial charge in [0.15, 0.2) is 0 Å². The molecule has 0 heterocycles. The summed E-state index contributed by atoms with van der Waals surface area (Å²) in [6.45, 7) is 0. The van der Waals surface area contributed by atoms with E-state index in [0.29, 0.717) is 12.1 Å². The zero-order valence-electron chi connectivity index (χ0n) is 10.4. The average molecular weight is 349 g/mol. The number of imide groups is 1. The third-order valence-electron chi connectivity index (χ3n) is 2.22. The minimum Gasteiger partial charge on any atom is -0.308 e. The molecule has 0 aliphatic heterocycles. The zero-order chi connectivity index (χ0) is 17.1. The third kappa shape index (κ3) is 5.10. The maximum atomic E-state index is 12.6. The SMILES string of the molecule is O=C(CCl)NC(=O)Nc1cc(C(F)(F)F)cc(C(F)(F)F)c1. The number of rotatable bonds is 2. The molecule has 1 aromatic rings. The highest BCUT2D eigenvalue weighted by atomic mass is 35.5. The minimum atomic E-state index is -5.04. The van der Waals surface area contributed by atoms with Crippen LogP contribution in [0.1, 0.15) is 11.1 Å². The van der Waals surface area contributed by atoms with E-state index in [9.17, 15) is 35.9 Å². The topological polar surface area (TPSA) is 58.2 Å². The normalized spacial score (nSPS) is 12.0. The van der Waals surface area contributed by atoms with Crippen LogP contribution in [0.2, 0.25) is 0 Å². The van der Waals surface area contributed by atoms with Gasteiger partial charge in [-0.05, 0) is 18.2 Å². The molecule has 0 aliphatic carbocycles. The Morgan fingerprint density at radius 3 is 1.77 bits per heavy atom. The Labute approximate surface area is 124 Å². The van der Waals surface area contributed by atoms with E-state index in [2.05, 4.69) is 0 Å². The number of carbonyl (C=O) groups excluding carboxylic acids is 2. The number of nitrogens with one attached hydrogen (secondary N) is 2. The molecule has 0 saturated carbocycles. The van der Waals surface area contributed by atoms with Crippen molar-refractivity contribution in [1.29, 1.82) is 0 Å². The molecular weight excluding hydrogens is 342 g/mol. The van der Waals surface area contributed by atoms with Crippen molar-refractivity contribution in [3.8, 4) is 0 Å². The van der Waals surface area contributed by atoms with E-state index in [0.717, 1.165) is 0 Å². The first kappa shape index (κ1) is 18.1. The van der Waals surface area contributed by atoms with Crippen molar-refractivity contribution < 1.29 is 35.9 Å². The van der Waals surface area contributed by atoms with Gasteiger partial charge in [-0.3, -0.25) is 10.1 Å². The summed E-state index contributed by atoms with van der Waals surface area (Å²) in [5.41, 5.74) is -3.97. The maximum Gasteiger partial charge on any atom is 0.416 e.